The zero-order chi connectivity index (χ0) is 17.6. The summed E-state index contributed by atoms with van der Waals surface area (Å²) in [5.41, 5.74) is 0.984. The van der Waals surface area contributed by atoms with E-state index in [0.29, 0.717) is 5.75 Å². The fraction of sp³-hybridized carbons (Fsp3) is 0.300. The number of nitrogens with one attached hydrogen (secondary N) is 1. The van der Waals surface area contributed by atoms with Gasteiger partial charge in [0.15, 0.2) is 0 Å². The minimum absolute atomic E-state index is 0.270. The molecule has 0 amide bonds. The van der Waals surface area contributed by atoms with Crippen LogP contribution in [-0.4, -0.2) is 25.1 Å². The molecule has 2 aliphatic heterocycles. The molecule has 25 heavy (non-hydrogen) atoms. The smallest absolute Gasteiger partial charge is 0.323 e. The average Bonchev–Trinajstić information content (AvgIpc) is 2.97. The first kappa shape index (κ1) is 15.8. The molecular weight excluding hydrogens is 318 g/mol. The Bertz CT molecular complexity index is 835. The minimum Gasteiger partial charge on any atom is -0.468 e. The van der Waals surface area contributed by atoms with E-state index in [1.54, 1.807) is 6.07 Å². The van der Waals surface area contributed by atoms with Crippen LogP contribution in [0.2, 0.25) is 0 Å². The van der Waals surface area contributed by atoms with Crippen molar-refractivity contribution in [3.63, 3.8) is 0 Å². The Kier molecular flexibility index (Phi) is 3.62. The van der Waals surface area contributed by atoms with E-state index in [4.69, 9.17) is 9.47 Å². The number of benzene rings is 2. The van der Waals surface area contributed by atoms with Crippen molar-refractivity contribution in [1.29, 1.82) is 0 Å². The van der Waals surface area contributed by atoms with Gasteiger partial charge in [-0.3, -0.25) is 14.9 Å². The van der Waals surface area contributed by atoms with Crippen LogP contribution in [0, 0.1) is 11.8 Å². The minimum atomic E-state index is -0.814. The molecule has 0 saturated carbocycles. The first-order valence-electron chi connectivity index (χ1n) is 8.32. The topological polar surface area (TPSA) is 64.6 Å². The molecule has 5 heteroatoms. The third-order valence-corrected chi connectivity index (χ3v) is 5.36. The lowest BCUT2D eigenvalue weighted by Crippen LogP contribution is -2.51. The number of hydrogen-bond acceptors (Lipinski definition) is 5. The van der Waals surface area contributed by atoms with Crippen molar-refractivity contribution < 1.29 is 19.1 Å². The van der Waals surface area contributed by atoms with Gasteiger partial charge in [-0.1, -0.05) is 55.5 Å². The van der Waals surface area contributed by atoms with Gasteiger partial charge in [-0.2, -0.15) is 0 Å². The summed E-state index contributed by atoms with van der Waals surface area (Å²) in [5.74, 6) is -0.961. The molecular formula is C20H19NO4. The highest BCUT2D eigenvalue weighted by Gasteiger charge is 2.62. The Morgan fingerprint density at radius 2 is 1.80 bits per heavy atom. The molecule has 5 nitrogen and oxygen atoms in total. The average molecular weight is 337 g/mol. The van der Waals surface area contributed by atoms with Crippen LogP contribution in [0.5, 0.6) is 5.75 Å². The normalized spacial score (nSPS) is 30.2. The number of carbonyl (C=O) groups excluding carboxylic acids is 2. The maximum absolute atomic E-state index is 12.9. The predicted molar refractivity (Wildman–Crippen MR) is 90.9 cm³/mol. The number of carbonyl (C=O) groups is 2. The first-order valence-corrected chi connectivity index (χ1v) is 8.32. The van der Waals surface area contributed by atoms with Crippen molar-refractivity contribution >= 4 is 11.9 Å². The van der Waals surface area contributed by atoms with Crippen molar-refractivity contribution in [2.24, 2.45) is 11.8 Å². The van der Waals surface area contributed by atoms with E-state index in [9.17, 15) is 9.59 Å². The number of ether oxygens (including phenoxy) is 2. The van der Waals surface area contributed by atoms with E-state index in [2.05, 4.69) is 5.32 Å². The number of methoxy groups -OCH3 is 1. The molecule has 2 aromatic rings. The quantitative estimate of drug-likeness (QED) is 0.673. The van der Waals surface area contributed by atoms with Gasteiger partial charge in [0, 0.05) is 5.56 Å². The molecule has 2 aliphatic rings. The third kappa shape index (κ3) is 2.12. The van der Waals surface area contributed by atoms with Gasteiger partial charge >= 0.3 is 11.9 Å². The molecule has 0 bridgehead atoms. The molecule has 1 N–H and O–H groups in total. The molecule has 0 radical (unpaired) electrons. The summed E-state index contributed by atoms with van der Waals surface area (Å²) in [4.78, 5) is 25.2. The molecule has 0 aliphatic carbocycles. The van der Waals surface area contributed by atoms with Gasteiger partial charge in [0.25, 0.3) is 0 Å². The highest BCUT2D eigenvalue weighted by Crippen LogP contribution is 2.52. The number of para-hydroxylation sites is 1. The Morgan fingerprint density at radius 3 is 2.52 bits per heavy atom. The Hall–Kier alpha value is -2.66. The summed E-state index contributed by atoms with van der Waals surface area (Å²) < 4.78 is 10.6. The summed E-state index contributed by atoms with van der Waals surface area (Å²) in [5, 5.41) is 3.43. The maximum atomic E-state index is 12.9. The maximum Gasteiger partial charge on any atom is 0.323 e. The van der Waals surface area contributed by atoms with Gasteiger partial charge in [-0.25, -0.2) is 0 Å². The lowest BCUT2D eigenvalue weighted by Gasteiger charge is -2.40. The Morgan fingerprint density at radius 1 is 1.12 bits per heavy atom. The van der Waals surface area contributed by atoms with Gasteiger partial charge in [-0.15, -0.1) is 0 Å². The molecule has 2 aromatic carbocycles. The van der Waals surface area contributed by atoms with Gasteiger partial charge in [0.05, 0.1) is 18.6 Å². The second kappa shape index (κ2) is 5.70. The largest absolute Gasteiger partial charge is 0.468 e. The van der Waals surface area contributed by atoms with E-state index in [1.165, 1.54) is 7.11 Å². The zero-order valence-corrected chi connectivity index (χ0v) is 14.1. The van der Waals surface area contributed by atoms with Crippen molar-refractivity contribution in [3.8, 4) is 5.75 Å². The molecule has 0 unspecified atom stereocenters. The summed E-state index contributed by atoms with van der Waals surface area (Å²) in [6.45, 7) is 1.89. The van der Waals surface area contributed by atoms with Crippen LogP contribution in [0.3, 0.4) is 0 Å². The molecule has 4 atom stereocenters. The predicted octanol–water partition coefficient (Wildman–Crippen LogP) is 2.25. The van der Waals surface area contributed by atoms with E-state index in [1.807, 2.05) is 55.5 Å². The molecule has 4 rings (SSSR count). The number of esters is 2. The Labute approximate surface area is 145 Å². The standard InChI is InChI=1S/C20H19NO4/c1-12-16-18(22)25-15-11-7-6-10-14(15)20(16,13-8-4-3-5-9-13)21-17(12)19(23)24-2/h3-12,16-17,21H,1-2H3/t12-,16+,17-,20-/m0/s1. The second-order valence-corrected chi connectivity index (χ2v) is 6.57. The van der Waals surface area contributed by atoms with Crippen LogP contribution in [0.4, 0.5) is 0 Å². The van der Waals surface area contributed by atoms with Gasteiger partial charge in [-0.05, 0) is 17.5 Å². The van der Waals surface area contributed by atoms with Crippen LogP contribution in [0.25, 0.3) is 0 Å². The first-order chi connectivity index (χ1) is 12.1. The van der Waals surface area contributed by atoms with Crippen LogP contribution in [-0.2, 0) is 19.9 Å². The van der Waals surface area contributed by atoms with Crippen LogP contribution >= 0.6 is 0 Å². The molecule has 128 valence electrons. The van der Waals surface area contributed by atoms with E-state index >= 15 is 0 Å². The lowest BCUT2D eigenvalue weighted by atomic mass is 9.70. The van der Waals surface area contributed by atoms with Crippen molar-refractivity contribution in [2.45, 2.75) is 18.5 Å². The molecule has 0 aromatic heterocycles. The SMILES string of the molecule is COC(=O)[C@H]1N[C@@]2(c3ccccc3)c3ccccc3OC(=O)[C@H]2[C@@H]1C. The summed E-state index contributed by atoms with van der Waals surface area (Å²) in [7, 11) is 1.36. The molecule has 1 fully saturated rings. The van der Waals surface area contributed by atoms with Crippen LogP contribution in [0.15, 0.2) is 54.6 Å². The van der Waals surface area contributed by atoms with Crippen LogP contribution in [0.1, 0.15) is 18.1 Å². The number of hydrogen-bond donors (Lipinski definition) is 1. The monoisotopic (exact) mass is 337 g/mol. The fourth-order valence-electron chi connectivity index (χ4n) is 4.26. The second-order valence-electron chi connectivity index (χ2n) is 6.57. The van der Waals surface area contributed by atoms with E-state index in [-0.39, 0.29) is 17.9 Å². The summed E-state index contributed by atoms with van der Waals surface area (Å²) >= 11 is 0. The van der Waals surface area contributed by atoms with Crippen molar-refractivity contribution in [2.75, 3.05) is 7.11 Å². The number of rotatable bonds is 2. The van der Waals surface area contributed by atoms with Crippen molar-refractivity contribution in [3.05, 3.63) is 65.7 Å². The highest BCUT2D eigenvalue weighted by molar-refractivity contribution is 5.86. The highest BCUT2D eigenvalue weighted by atomic mass is 16.5. The van der Waals surface area contributed by atoms with Gasteiger partial charge < -0.3 is 9.47 Å². The zero-order valence-electron chi connectivity index (χ0n) is 14.1. The van der Waals surface area contributed by atoms with E-state index in [0.717, 1.165) is 11.1 Å². The summed E-state index contributed by atoms with van der Waals surface area (Å²) in [6, 6.07) is 16.6. The fourth-order valence-corrected chi connectivity index (χ4v) is 4.26. The van der Waals surface area contributed by atoms with Crippen molar-refractivity contribution in [1.82, 2.24) is 5.32 Å². The Balaban J connectivity index is 1.99. The number of fused-ring (bicyclic) bond motifs is 3. The third-order valence-electron chi connectivity index (χ3n) is 5.36. The lowest BCUT2D eigenvalue weighted by molar-refractivity contribution is -0.145. The van der Waals surface area contributed by atoms with Gasteiger partial charge in [0.2, 0.25) is 0 Å². The van der Waals surface area contributed by atoms with E-state index < -0.39 is 17.5 Å². The summed E-state index contributed by atoms with van der Waals surface area (Å²) in [6.07, 6.45) is 0. The molecule has 1 saturated heterocycles. The van der Waals surface area contributed by atoms with Gasteiger partial charge in [0.1, 0.15) is 11.8 Å². The van der Waals surface area contributed by atoms with Crippen LogP contribution < -0.4 is 10.1 Å². The molecule has 2 heterocycles. The molecule has 0 spiro atoms.